The first-order valence-corrected chi connectivity index (χ1v) is 17.6. The summed E-state index contributed by atoms with van der Waals surface area (Å²) >= 11 is 7.46. The third-order valence-corrected chi connectivity index (χ3v) is 9.34. The molecule has 2 aliphatic rings. The molecule has 4 aromatic rings. The number of fused-ring (bicyclic) bond motifs is 1. The molecule has 0 saturated heterocycles. The molecule has 0 N–H and O–H groups in total. The molecule has 50 heavy (non-hydrogen) atoms. The first kappa shape index (κ1) is 36.5. The summed E-state index contributed by atoms with van der Waals surface area (Å²) in [4.78, 5) is 56.0. The van der Waals surface area contributed by atoms with Gasteiger partial charge in [-0.3, -0.25) is 14.4 Å². The van der Waals surface area contributed by atoms with Gasteiger partial charge in [0.25, 0.3) is 22.9 Å². The molecular formula is C37H37ClFN3O7S. The van der Waals surface area contributed by atoms with E-state index in [4.69, 9.17) is 25.8 Å². The molecule has 6 rings (SSSR count). The zero-order valence-electron chi connectivity index (χ0n) is 27.8. The van der Waals surface area contributed by atoms with Crippen LogP contribution in [0, 0.1) is 5.82 Å². The van der Waals surface area contributed by atoms with Crippen LogP contribution in [0.4, 0.5) is 15.8 Å². The van der Waals surface area contributed by atoms with Crippen molar-refractivity contribution >= 4 is 68.2 Å². The predicted octanol–water partition coefficient (Wildman–Crippen LogP) is 7.67. The van der Waals surface area contributed by atoms with Gasteiger partial charge in [0, 0.05) is 29.9 Å². The minimum atomic E-state index is -0.814. The standard InChI is InChI=1S/C21H23ClFNO5.C16H14N2O2S/c1-2-3-6-9-28-19(25)12-29-18-11-17(16(23)10-15(18)22)24-20(26)13-7-4-5-8-14(13)21(24)27;1-18(12-7-3-2-4-8-12)15(19)11-20-16-17-13-9-5-6-10-14(13)21-16/h10-11H,2-9,12H2,1H3;2-10H,11H2,1H3. The Morgan fingerprint density at radius 1 is 0.940 bits per heavy atom. The molecule has 262 valence electrons. The van der Waals surface area contributed by atoms with Crippen LogP contribution in [-0.2, 0) is 23.9 Å². The Balaban J connectivity index is 0.000000204. The van der Waals surface area contributed by atoms with E-state index in [0.29, 0.717) is 35.8 Å². The van der Waals surface area contributed by atoms with Crippen molar-refractivity contribution in [2.75, 3.05) is 36.7 Å². The van der Waals surface area contributed by atoms with Crippen molar-refractivity contribution < 1.29 is 37.8 Å². The summed E-state index contributed by atoms with van der Waals surface area (Å²) in [6.45, 7) is 1.91. The van der Waals surface area contributed by atoms with E-state index in [9.17, 15) is 23.6 Å². The number of nitrogens with zero attached hydrogens (tertiary/aromatic N) is 3. The highest BCUT2D eigenvalue weighted by Gasteiger charge is 2.41. The number of likely N-dealkylation sites (N-methyl/N-ethyl adjacent to an activating group) is 1. The van der Waals surface area contributed by atoms with Gasteiger partial charge in [-0.15, -0.1) is 0 Å². The molecule has 10 nitrogen and oxygen atoms in total. The number of imide groups is 1. The third-order valence-electron chi connectivity index (χ3n) is 8.10. The lowest BCUT2D eigenvalue weighted by molar-refractivity contribution is -0.146. The van der Waals surface area contributed by atoms with Gasteiger partial charge in [-0.1, -0.05) is 73.0 Å². The Kier molecular flexibility index (Phi) is 12.6. The number of ether oxygens (including phenoxy) is 3. The molecule has 0 saturated carbocycles. The molecule has 13 heteroatoms. The topological polar surface area (TPSA) is 115 Å². The van der Waals surface area contributed by atoms with Gasteiger partial charge in [-0.05, 0) is 62.4 Å². The Morgan fingerprint density at radius 3 is 2.30 bits per heavy atom. The number of amides is 3. The quantitative estimate of drug-likeness (QED) is 0.0832. The number of esters is 1. The van der Waals surface area contributed by atoms with E-state index in [-0.39, 0.29) is 29.0 Å². The Labute approximate surface area is 298 Å². The molecule has 0 atom stereocenters. The fourth-order valence-electron chi connectivity index (χ4n) is 5.40. The normalized spacial score (nSPS) is 13.9. The second-order valence-electron chi connectivity index (χ2n) is 11.6. The summed E-state index contributed by atoms with van der Waals surface area (Å²) in [6.07, 6.45) is 5.40. The number of hydrogen-bond acceptors (Lipinski definition) is 9. The molecule has 0 bridgehead atoms. The molecule has 2 heterocycles. The van der Waals surface area contributed by atoms with Crippen LogP contribution in [0.1, 0.15) is 51.9 Å². The lowest BCUT2D eigenvalue weighted by Crippen LogP contribution is -2.32. The van der Waals surface area contributed by atoms with Crippen molar-refractivity contribution in [2.45, 2.75) is 51.9 Å². The molecule has 0 fully saturated rings. The van der Waals surface area contributed by atoms with Crippen LogP contribution in [0.5, 0.6) is 10.9 Å². The van der Waals surface area contributed by atoms with Crippen molar-refractivity contribution in [1.82, 2.24) is 4.98 Å². The summed E-state index contributed by atoms with van der Waals surface area (Å²) in [5.41, 5.74) is 2.41. The number of para-hydroxylation sites is 2. The molecule has 3 aromatic carbocycles. The van der Waals surface area contributed by atoms with E-state index in [1.165, 1.54) is 17.4 Å². The van der Waals surface area contributed by atoms with Crippen LogP contribution >= 0.6 is 22.9 Å². The van der Waals surface area contributed by atoms with E-state index >= 15 is 0 Å². The largest absolute Gasteiger partial charge is 0.480 e. The van der Waals surface area contributed by atoms with Crippen LogP contribution in [0.3, 0.4) is 0 Å². The number of thiazole rings is 1. The average Bonchev–Trinajstić information content (AvgIpc) is 3.66. The van der Waals surface area contributed by atoms with Gasteiger partial charge in [0.1, 0.15) is 11.6 Å². The Hall–Kier alpha value is -4.81. The molecular weight excluding hydrogens is 685 g/mol. The number of anilines is 2. The van der Waals surface area contributed by atoms with Gasteiger partial charge in [0.05, 0.1) is 27.5 Å². The Bertz CT molecular complexity index is 1840. The first-order valence-electron chi connectivity index (χ1n) is 16.4. The van der Waals surface area contributed by atoms with Gasteiger partial charge < -0.3 is 19.1 Å². The number of benzene rings is 3. The van der Waals surface area contributed by atoms with Gasteiger partial charge >= 0.3 is 5.97 Å². The molecule has 0 unspecified atom stereocenters. The van der Waals surface area contributed by atoms with Crippen LogP contribution in [0.15, 0.2) is 77.9 Å². The monoisotopic (exact) mass is 721 g/mol. The first-order chi connectivity index (χ1) is 24.2. The molecule has 1 aromatic heterocycles. The number of aromatic nitrogens is 1. The van der Waals surface area contributed by atoms with Crippen molar-refractivity contribution in [1.29, 1.82) is 0 Å². The summed E-state index contributed by atoms with van der Waals surface area (Å²) < 4.78 is 31.5. The van der Waals surface area contributed by atoms with E-state index in [1.54, 1.807) is 11.9 Å². The highest BCUT2D eigenvalue weighted by Crippen LogP contribution is 2.39. The number of rotatable bonds is 12. The van der Waals surface area contributed by atoms with E-state index < -0.39 is 30.2 Å². The SMILES string of the molecule is CCCCCOC(=O)COc1cc(N2C(=O)C3=C(CCCC3)C2=O)c(F)cc1Cl.CN(C(=O)COc1nc2ccccc2s1)c1ccccc1. The van der Waals surface area contributed by atoms with Crippen molar-refractivity contribution in [2.24, 2.45) is 0 Å². The lowest BCUT2D eigenvalue weighted by atomic mass is 9.93. The van der Waals surface area contributed by atoms with Crippen LogP contribution < -0.4 is 19.3 Å². The van der Waals surface area contributed by atoms with Crippen molar-refractivity contribution in [3.8, 4) is 10.9 Å². The van der Waals surface area contributed by atoms with Gasteiger partial charge in [0.2, 0.25) is 0 Å². The maximum atomic E-state index is 14.5. The predicted molar refractivity (Wildman–Crippen MR) is 190 cm³/mol. The lowest BCUT2D eigenvalue weighted by Gasteiger charge is -2.18. The molecule has 1 aliphatic carbocycles. The minimum absolute atomic E-state index is 0.000883. The fraction of sp³-hybridized carbons (Fsp3) is 0.324. The van der Waals surface area contributed by atoms with E-state index in [0.717, 1.165) is 59.0 Å². The minimum Gasteiger partial charge on any atom is -0.480 e. The number of carbonyl (C=O) groups is 4. The molecule has 3 amide bonds. The van der Waals surface area contributed by atoms with Crippen molar-refractivity contribution in [3.63, 3.8) is 0 Å². The second kappa shape index (κ2) is 17.2. The highest BCUT2D eigenvalue weighted by atomic mass is 35.5. The maximum Gasteiger partial charge on any atom is 0.344 e. The molecule has 0 radical (unpaired) electrons. The number of carbonyl (C=O) groups excluding carboxylic acids is 4. The van der Waals surface area contributed by atoms with E-state index in [1.807, 2.05) is 61.5 Å². The van der Waals surface area contributed by atoms with Crippen molar-refractivity contribution in [3.05, 3.63) is 88.7 Å². The molecule has 0 spiro atoms. The maximum absolute atomic E-state index is 14.5. The van der Waals surface area contributed by atoms with Gasteiger partial charge in [-0.25, -0.2) is 19.1 Å². The fourth-order valence-corrected chi connectivity index (χ4v) is 6.42. The summed E-state index contributed by atoms with van der Waals surface area (Å²) in [5, 5.41) is 0.452. The number of unbranched alkanes of at least 4 members (excludes halogenated alkanes) is 2. The summed E-state index contributed by atoms with van der Waals surface area (Å²) in [6, 6.07) is 19.4. The van der Waals surface area contributed by atoms with Crippen LogP contribution in [0.2, 0.25) is 5.02 Å². The van der Waals surface area contributed by atoms with Gasteiger partial charge in [-0.2, -0.15) is 0 Å². The van der Waals surface area contributed by atoms with Crippen LogP contribution in [-0.4, -0.2) is 55.5 Å². The average molecular weight is 722 g/mol. The zero-order chi connectivity index (χ0) is 35.6. The third kappa shape index (κ3) is 8.85. The number of hydrogen-bond donors (Lipinski definition) is 0. The van der Waals surface area contributed by atoms with E-state index in [2.05, 4.69) is 4.98 Å². The Morgan fingerprint density at radius 2 is 1.62 bits per heavy atom. The zero-order valence-corrected chi connectivity index (χ0v) is 29.4. The smallest absolute Gasteiger partial charge is 0.344 e. The molecule has 1 aliphatic heterocycles. The number of halogens is 2. The summed E-state index contributed by atoms with van der Waals surface area (Å²) in [5.74, 6) is -2.52. The second-order valence-corrected chi connectivity index (χ2v) is 13.0. The van der Waals surface area contributed by atoms with Gasteiger partial charge in [0.15, 0.2) is 13.2 Å². The highest BCUT2D eigenvalue weighted by molar-refractivity contribution is 7.20. The summed E-state index contributed by atoms with van der Waals surface area (Å²) in [7, 11) is 1.74. The van der Waals surface area contributed by atoms with Crippen LogP contribution in [0.25, 0.3) is 10.2 Å².